The van der Waals surface area contributed by atoms with E-state index in [2.05, 4.69) is 0 Å². The molecular formula is C15H17NO4. The van der Waals surface area contributed by atoms with Gasteiger partial charge in [-0.25, -0.2) is 4.90 Å². The average molecular weight is 275 g/mol. The molecule has 0 spiro atoms. The predicted molar refractivity (Wildman–Crippen MR) is 75.0 cm³/mol. The molecule has 5 heteroatoms. The van der Waals surface area contributed by atoms with Crippen molar-refractivity contribution in [2.75, 3.05) is 18.1 Å². The monoisotopic (exact) mass is 275 g/mol. The first-order valence-electron chi connectivity index (χ1n) is 6.54. The van der Waals surface area contributed by atoms with E-state index in [1.165, 1.54) is 6.08 Å². The first kappa shape index (κ1) is 14.1. The Kier molecular flexibility index (Phi) is 4.08. The summed E-state index contributed by atoms with van der Waals surface area (Å²) in [5.41, 5.74) is 0.833. The fourth-order valence-corrected chi connectivity index (χ4v) is 2.02. The van der Waals surface area contributed by atoms with E-state index in [1.54, 1.807) is 25.1 Å². The Bertz CT molecular complexity index is 577. The smallest absolute Gasteiger partial charge is 0.261 e. The summed E-state index contributed by atoms with van der Waals surface area (Å²) >= 11 is 0. The molecule has 1 aromatic rings. The zero-order valence-corrected chi connectivity index (χ0v) is 11.8. The van der Waals surface area contributed by atoms with Gasteiger partial charge in [-0.1, -0.05) is 0 Å². The third-order valence-corrected chi connectivity index (χ3v) is 2.88. The zero-order chi connectivity index (χ0) is 14.7. The van der Waals surface area contributed by atoms with Crippen LogP contribution >= 0.6 is 0 Å². The minimum absolute atomic E-state index is 0.329. The lowest BCUT2D eigenvalue weighted by atomic mass is 10.2. The Balaban J connectivity index is 2.45. The number of imide groups is 1. The molecule has 0 unspecified atom stereocenters. The van der Waals surface area contributed by atoms with Crippen LogP contribution in [-0.2, 0) is 9.59 Å². The number of amides is 2. The molecule has 0 aromatic heterocycles. The summed E-state index contributed by atoms with van der Waals surface area (Å²) in [5.74, 6) is 0.392. The van der Waals surface area contributed by atoms with Gasteiger partial charge >= 0.3 is 0 Å². The molecule has 0 bridgehead atoms. The molecule has 1 heterocycles. The molecule has 0 saturated carbocycles. The van der Waals surface area contributed by atoms with Crippen LogP contribution in [-0.4, -0.2) is 25.0 Å². The van der Waals surface area contributed by atoms with Crippen molar-refractivity contribution in [1.82, 2.24) is 0 Å². The highest BCUT2D eigenvalue weighted by atomic mass is 16.5. The van der Waals surface area contributed by atoms with Gasteiger partial charge in [0.25, 0.3) is 11.8 Å². The second kappa shape index (κ2) is 5.77. The van der Waals surface area contributed by atoms with Crippen molar-refractivity contribution in [2.24, 2.45) is 0 Å². The van der Waals surface area contributed by atoms with Gasteiger partial charge in [0.05, 0.1) is 18.9 Å². The molecule has 5 nitrogen and oxygen atoms in total. The van der Waals surface area contributed by atoms with Crippen LogP contribution < -0.4 is 14.4 Å². The molecule has 1 aliphatic rings. The molecule has 0 saturated heterocycles. The number of anilines is 1. The number of rotatable bonds is 5. The first-order chi connectivity index (χ1) is 9.58. The second-order valence-electron chi connectivity index (χ2n) is 4.30. The maximum Gasteiger partial charge on any atom is 0.261 e. The molecule has 20 heavy (non-hydrogen) atoms. The number of benzene rings is 1. The highest BCUT2D eigenvalue weighted by Gasteiger charge is 2.32. The van der Waals surface area contributed by atoms with Gasteiger partial charge < -0.3 is 9.47 Å². The number of carbonyl (C=O) groups excluding carboxylic acids is 2. The summed E-state index contributed by atoms with van der Waals surface area (Å²) < 4.78 is 10.9. The maximum atomic E-state index is 12.1. The van der Waals surface area contributed by atoms with E-state index >= 15 is 0 Å². The summed E-state index contributed by atoms with van der Waals surface area (Å²) in [4.78, 5) is 25.1. The average Bonchev–Trinajstić information content (AvgIpc) is 2.66. The van der Waals surface area contributed by atoms with Crippen molar-refractivity contribution >= 4 is 17.5 Å². The standard InChI is InChI=1S/C15H17NO4/c1-4-19-11-6-7-13(20-5-2)12(9-11)16-14(17)8-10(3)15(16)18/h6-9H,4-5H2,1-3H3. The third-order valence-electron chi connectivity index (χ3n) is 2.88. The first-order valence-corrected chi connectivity index (χ1v) is 6.54. The van der Waals surface area contributed by atoms with Crippen molar-refractivity contribution in [3.8, 4) is 11.5 Å². The van der Waals surface area contributed by atoms with Crippen LogP contribution in [0, 0.1) is 0 Å². The fourth-order valence-electron chi connectivity index (χ4n) is 2.02. The molecule has 0 atom stereocenters. The minimum atomic E-state index is -0.359. The zero-order valence-electron chi connectivity index (χ0n) is 11.8. The largest absolute Gasteiger partial charge is 0.494 e. The van der Waals surface area contributed by atoms with Crippen LogP contribution in [0.15, 0.2) is 29.8 Å². The van der Waals surface area contributed by atoms with Gasteiger partial charge in [-0.3, -0.25) is 9.59 Å². The van der Waals surface area contributed by atoms with E-state index in [9.17, 15) is 9.59 Å². The second-order valence-corrected chi connectivity index (χ2v) is 4.30. The number of ether oxygens (including phenoxy) is 2. The van der Waals surface area contributed by atoms with Crippen LogP contribution in [0.1, 0.15) is 20.8 Å². The topological polar surface area (TPSA) is 55.8 Å². The lowest BCUT2D eigenvalue weighted by Gasteiger charge is -2.19. The van der Waals surface area contributed by atoms with Gasteiger partial charge in [0, 0.05) is 17.7 Å². The van der Waals surface area contributed by atoms with E-state index in [4.69, 9.17) is 9.47 Å². The van der Waals surface area contributed by atoms with Gasteiger partial charge in [-0.2, -0.15) is 0 Å². The van der Waals surface area contributed by atoms with E-state index in [-0.39, 0.29) is 11.8 Å². The van der Waals surface area contributed by atoms with E-state index in [1.807, 2.05) is 13.8 Å². The Morgan fingerprint density at radius 1 is 1.10 bits per heavy atom. The highest BCUT2D eigenvalue weighted by Crippen LogP contribution is 2.35. The Morgan fingerprint density at radius 3 is 2.35 bits per heavy atom. The molecule has 2 amide bonds. The van der Waals surface area contributed by atoms with Gasteiger partial charge in [-0.05, 0) is 32.9 Å². The van der Waals surface area contributed by atoms with Crippen molar-refractivity contribution in [3.63, 3.8) is 0 Å². The SMILES string of the molecule is CCOc1ccc(OCC)c(N2C(=O)C=C(C)C2=O)c1. The van der Waals surface area contributed by atoms with Crippen LogP contribution in [0.3, 0.4) is 0 Å². The lowest BCUT2D eigenvalue weighted by Crippen LogP contribution is -2.31. The van der Waals surface area contributed by atoms with Gasteiger partial charge in [0.1, 0.15) is 11.5 Å². The summed E-state index contributed by atoms with van der Waals surface area (Å²) in [6, 6.07) is 5.11. The Morgan fingerprint density at radius 2 is 1.80 bits per heavy atom. The number of nitrogens with zero attached hydrogens (tertiary/aromatic N) is 1. The van der Waals surface area contributed by atoms with Crippen LogP contribution in [0.25, 0.3) is 0 Å². The van der Waals surface area contributed by atoms with E-state index in [0.29, 0.717) is 36.0 Å². The Hall–Kier alpha value is -2.30. The third kappa shape index (κ3) is 2.52. The molecule has 0 aliphatic carbocycles. The van der Waals surface area contributed by atoms with E-state index in [0.717, 1.165) is 4.90 Å². The predicted octanol–water partition coefficient (Wildman–Crippen LogP) is 2.30. The molecule has 1 aromatic carbocycles. The van der Waals surface area contributed by atoms with Crippen molar-refractivity contribution in [1.29, 1.82) is 0 Å². The normalized spacial score (nSPS) is 14.6. The summed E-state index contributed by atoms with van der Waals surface area (Å²) in [6.07, 6.45) is 1.32. The summed E-state index contributed by atoms with van der Waals surface area (Å²) in [7, 11) is 0. The quantitative estimate of drug-likeness (QED) is 0.774. The lowest BCUT2D eigenvalue weighted by molar-refractivity contribution is -0.120. The van der Waals surface area contributed by atoms with Gasteiger partial charge in [0.2, 0.25) is 0 Å². The minimum Gasteiger partial charge on any atom is -0.494 e. The fraction of sp³-hybridized carbons (Fsp3) is 0.333. The van der Waals surface area contributed by atoms with Crippen molar-refractivity contribution in [2.45, 2.75) is 20.8 Å². The van der Waals surface area contributed by atoms with Gasteiger partial charge in [0.15, 0.2) is 0 Å². The highest BCUT2D eigenvalue weighted by molar-refractivity contribution is 6.30. The molecule has 0 N–H and O–H groups in total. The van der Waals surface area contributed by atoms with Crippen molar-refractivity contribution < 1.29 is 19.1 Å². The molecule has 2 rings (SSSR count). The summed E-state index contributed by atoms with van der Waals surface area (Å²) in [6.45, 7) is 6.29. The number of hydrogen-bond acceptors (Lipinski definition) is 4. The Labute approximate surface area is 117 Å². The van der Waals surface area contributed by atoms with E-state index < -0.39 is 0 Å². The number of hydrogen-bond donors (Lipinski definition) is 0. The van der Waals surface area contributed by atoms with Crippen LogP contribution in [0.4, 0.5) is 5.69 Å². The molecule has 0 radical (unpaired) electrons. The van der Waals surface area contributed by atoms with Crippen LogP contribution in [0.5, 0.6) is 11.5 Å². The molecular weight excluding hydrogens is 258 g/mol. The van der Waals surface area contributed by atoms with Gasteiger partial charge in [-0.15, -0.1) is 0 Å². The van der Waals surface area contributed by atoms with Crippen LogP contribution in [0.2, 0.25) is 0 Å². The van der Waals surface area contributed by atoms with Crippen molar-refractivity contribution in [3.05, 3.63) is 29.8 Å². The number of carbonyl (C=O) groups is 2. The molecule has 106 valence electrons. The molecule has 1 aliphatic heterocycles. The maximum absolute atomic E-state index is 12.1. The summed E-state index contributed by atoms with van der Waals surface area (Å²) in [5, 5.41) is 0. The molecule has 0 fully saturated rings.